The molecule has 0 unspecified atom stereocenters. The number of nitrogens with one attached hydrogen (secondary N) is 2. The molecule has 9 heteroatoms. The van der Waals surface area contributed by atoms with Crippen LogP contribution in [0.3, 0.4) is 0 Å². The minimum Gasteiger partial charge on any atom is -0.339 e. The number of piperazine rings is 1. The van der Waals surface area contributed by atoms with Gasteiger partial charge in [-0.2, -0.15) is 0 Å². The number of nitrogens with zero attached hydrogens (tertiary/aromatic N) is 3. The van der Waals surface area contributed by atoms with Crippen LogP contribution < -0.4 is 16.4 Å². The van der Waals surface area contributed by atoms with E-state index < -0.39 is 0 Å². The quantitative estimate of drug-likeness (QED) is 0.651. The average molecular weight is 435 g/mol. The zero-order valence-corrected chi connectivity index (χ0v) is 17.8. The molecule has 1 aromatic heterocycles. The van der Waals surface area contributed by atoms with Crippen LogP contribution in [0.2, 0.25) is 0 Å². The van der Waals surface area contributed by atoms with Crippen LogP contribution in [-0.4, -0.2) is 57.7 Å². The Morgan fingerprint density at radius 3 is 2.34 bits per heavy atom. The molecular formula is C23H25N5O4. The molecule has 0 aliphatic carbocycles. The van der Waals surface area contributed by atoms with Crippen molar-refractivity contribution in [3.05, 3.63) is 74.8 Å². The third-order valence-corrected chi connectivity index (χ3v) is 5.62. The highest BCUT2D eigenvalue weighted by atomic mass is 16.2. The number of carbonyl (C=O) groups is 2. The van der Waals surface area contributed by atoms with Gasteiger partial charge in [-0.15, -0.1) is 0 Å². The van der Waals surface area contributed by atoms with Crippen LogP contribution in [0.5, 0.6) is 0 Å². The Morgan fingerprint density at radius 2 is 1.62 bits per heavy atom. The highest BCUT2D eigenvalue weighted by Crippen LogP contribution is 2.12. The number of H-pyrrole nitrogens is 1. The lowest BCUT2D eigenvalue weighted by Gasteiger charge is -2.34. The molecule has 2 heterocycles. The molecular weight excluding hydrogens is 410 g/mol. The summed E-state index contributed by atoms with van der Waals surface area (Å²) in [5, 5.41) is 6.09. The molecule has 1 fully saturated rings. The van der Waals surface area contributed by atoms with Gasteiger partial charge in [-0.25, -0.2) is 9.48 Å². The molecule has 4 rings (SSSR count). The number of amides is 3. The van der Waals surface area contributed by atoms with Gasteiger partial charge in [0.2, 0.25) is 5.91 Å². The Bertz CT molecular complexity index is 1270. The summed E-state index contributed by atoms with van der Waals surface area (Å²) < 4.78 is 1.19. The van der Waals surface area contributed by atoms with Gasteiger partial charge >= 0.3 is 6.03 Å². The summed E-state index contributed by atoms with van der Waals surface area (Å²) in [5.74, 6) is -0.121. The van der Waals surface area contributed by atoms with Gasteiger partial charge in [0.25, 0.3) is 11.1 Å². The molecule has 2 N–H and O–H groups in total. The van der Waals surface area contributed by atoms with Crippen LogP contribution in [0.4, 0.5) is 10.5 Å². The van der Waals surface area contributed by atoms with Crippen LogP contribution in [0.1, 0.15) is 12.0 Å². The second-order valence-electron chi connectivity index (χ2n) is 7.86. The minimum absolute atomic E-state index is 0.0870. The molecule has 9 nitrogen and oxygen atoms in total. The lowest BCUT2D eigenvalue weighted by atomic mass is 10.2. The first kappa shape index (κ1) is 21.4. The van der Waals surface area contributed by atoms with Gasteiger partial charge in [0.05, 0.1) is 17.3 Å². The van der Waals surface area contributed by atoms with Crippen molar-refractivity contribution in [2.45, 2.75) is 19.9 Å². The molecule has 32 heavy (non-hydrogen) atoms. The Kier molecular flexibility index (Phi) is 6.07. The lowest BCUT2D eigenvalue weighted by molar-refractivity contribution is -0.132. The fourth-order valence-corrected chi connectivity index (χ4v) is 3.85. The van der Waals surface area contributed by atoms with Gasteiger partial charge < -0.3 is 15.1 Å². The van der Waals surface area contributed by atoms with Crippen molar-refractivity contribution in [1.82, 2.24) is 19.6 Å². The number of aryl methyl sites for hydroxylation is 2. The SMILES string of the molecule is Cc1cccc(NC(=O)N2CCN(C(=O)CCn3[nH]c(=O)c4ccccc4c3=O)CC2)c1. The van der Waals surface area contributed by atoms with Gasteiger partial charge in [0.1, 0.15) is 0 Å². The Hall–Kier alpha value is -3.88. The molecule has 3 aromatic rings. The highest BCUT2D eigenvalue weighted by Gasteiger charge is 2.24. The first-order valence-corrected chi connectivity index (χ1v) is 10.5. The fourth-order valence-electron chi connectivity index (χ4n) is 3.85. The number of aromatic nitrogens is 2. The second-order valence-corrected chi connectivity index (χ2v) is 7.86. The first-order chi connectivity index (χ1) is 15.4. The maximum Gasteiger partial charge on any atom is 0.321 e. The Labute approximate surface area is 184 Å². The molecule has 166 valence electrons. The zero-order valence-electron chi connectivity index (χ0n) is 17.8. The van der Waals surface area contributed by atoms with E-state index in [1.807, 2.05) is 31.2 Å². The van der Waals surface area contributed by atoms with Crippen LogP contribution in [-0.2, 0) is 11.3 Å². The van der Waals surface area contributed by atoms with Crippen molar-refractivity contribution in [2.24, 2.45) is 0 Å². The summed E-state index contributed by atoms with van der Waals surface area (Å²) in [6, 6.07) is 14.0. The van der Waals surface area contributed by atoms with E-state index in [1.165, 1.54) is 4.68 Å². The summed E-state index contributed by atoms with van der Waals surface area (Å²) in [5.41, 5.74) is 1.11. The normalized spacial score (nSPS) is 13.9. The number of anilines is 1. The number of urea groups is 1. The third-order valence-electron chi connectivity index (χ3n) is 5.62. The molecule has 1 aliphatic rings. The van der Waals surface area contributed by atoms with Crippen molar-refractivity contribution < 1.29 is 9.59 Å². The van der Waals surface area contributed by atoms with E-state index in [0.717, 1.165) is 11.3 Å². The van der Waals surface area contributed by atoms with Crippen molar-refractivity contribution >= 4 is 28.4 Å². The van der Waals surface area contributed by atoms with E-state index in [4.69, 9.17) is 0 Å². The van der Waals surface area contributed by atoms with Gasteiger partial charge in [0.15, 0.2) is 0 Å². The summed E-state index contributed by atoms with van der Waals surface area (Å²) in [4.78, 5) is 53.2. The van der Waals surface area contributed by atoms with E-state index in [0.29, 0.717) is 37.0 Å². The second kappa shape index (κ2) is 9.09. The number of hydrogen-bond acceptors (Lipinski definition) is 4. The smallest absolute Gasteiger partial charge is 0.321 e. The molecule has 0 radical (unpaired) electrons. The summed E-state index contributed by atoms with van der Waals surface area (Å²) in [6.07, 6.45) is 0.0870. The predicted molar refractivity (Wildman–Crippen MR) is 122 cm³/mol. The van der Waals surface area contributed by atoms with Gasteiger partial charge in [-0.05, 0) is 36.8 Å². The van der Waals surface area contributed by atoms with Crippen molar-refractivity contribution in [3.8, 4) is 0 Å². The number of fused-ring (bicyclic) bond motifs is 1. The monoisotopic (exact) mass is 435 g/mol. The van der Waals surface area contributed by atoms with Crippen molar-refractivity contribution in [1.29, 1.82) is 0 Å². The van der Waals surface area contributed by atoms with Crippen molar-refractivity contribution in [2.75, 3.05) is 31.5 Å². The minimum atomic E-state index is -0.360. The van der Waals surface area contributed by atoms with Gasteiger partial charge in [-0.3, -0.25) is 19.5 Å². The molecule has 0 atom stereocenters. The van der Waals surface area contributed by atoms with Gasteiger partial charge in [0, 0.05) is 38.3 Å². The zero-order chi connectivity index (χ0) is 22.7. The van der Waals surface area contributed by atoms with E-state index in [9.17, 15) is 19.2 Å². The highest BCUT2D eigenvalue weighted by molar-refractivity contribution is 5.89. The van der Waals surface area contributed by atoms with E-state index in [2.05, 4.69) is 10.4 Å². The van der Waals surface area contributed by atoms with E-state index >= 15 is 0 Å². The molecule has 1 aliphatic heterocycles. The topological polar surface area (TPSA) is 108 Å². The largest absolute Gasteiger partial charge is 0.339 e. The maximum absolute atomic E-state index is 12.6. The van der Waals surface area contributed by atoms with Crippen LogP contribution in [0, 0.1) is 6.92 Å². The molecule has 0 spiro atoms. The Morgan fingerprint density at radius 1 is 0.938 bits per heavy atom. The van der Waals surface area contributed by atoms with E-state index in [-0.39, 0.29) is 36.0 Å². The Balaban J connectivity index is 1.32. The molecule has 2 aromatic carbocycles. The number of hydrogen-bond donors (Lipinski definition) is 2. The lowest BCUT2D eigenvalue weighted by Crippen LogP contribution is -2.51. The molecule has 3 amide bonds. The first-order valence-electron chi connectivity index (χ1n) is 10.5. The number of aromatic amines is 1. The predicted octanol–water partition coefficient (Wildman–Crippen LogP) is 1.76. The van der Waals surface area contributed by atoms with Crippen LogP contribution in [0.15, 0.2) is 58.1 Å². The maximum atomic E-state index is 12.6. The van der Waals surface area contributed by atoms with Crippen LogP contribution in [0.25, 0.3) is 10.8 Å². The third kappa shape index (κ3) is 4.56. The summed E-state index contributed by atoms with van der Waals surface area (Å²) >= 11 is 0. The number of rotatable bonds is 4. The average Bonchev–Trinajstić information content (AvgIpc) is 2.80. The molecule has 1 saturated heterocycles. The fraction of sp³-hybridized carbons (Fsp3) is 0.304. The summed E-state index contributed by atoms with van der Waals surface area (Å²) in [6.45, 7) is 3.74. The number of benzene rings is 2. The summed E-state index contributed by atoms with van der Waals surface area (Å²) in [7, 11) is 0. The standard InChI is InChI=1S/C23H25N5O4/c1-16-5-4-6-17(15-16)24-23(32)27-13-11-26(12-14-27)20(29)9-10-28-22(31)19-8-3-2-7-18(19)21(30)25-28/h2-8,15H,9-14H2,1H3,(H,24,32)(H,25,30). The van der Waals surface area contributed by atoms with Crippen LogP contribution >= 0.6 is 0 Å². The molecule has 0 saturated carbocycles. The number of carbonyl (C=O) groups excluding carboxylic acids is 2. The van der Waals surface area contributed by atoms with E-state index in [1.54, 1.807) is 34.1 Å². The van der Waals surface area contributed by atoms with Crippen molar-refractivity contribution in [3.63, 3.8) is 0 Å². The molecule has 0 bridgehead atoms. The van der Waals surface area contributed by atoms with Gasteiger partial charge in [-0.1, -0.05) is 24.3 Å².